The van der Waals surface area contributed by atoms with Gasteiger partial charge in [-0.25, -0.2) is 20.4 Å². The molecule has 0 saturated carbocycles. The van der Waals surface area contributed by atoms with Crippen molar-refractivity contribution in [3.8, 4) is 0 Å². The Labute approximate surface area is 172 Å². The lowest BCUT2D eigenvalue weighted by molar-refractivity contribution is -0.384. The number of rotatable bonds is 4. The molecule has 156 valence electrons. The van der Waals surface area contributed by atoms with E-state index in [0.29, 0.717) is 6.42 Å². The molecule has 4 unspecified atom stereocenters. The standard InChI is InChI=1S/C20H22N6O4/c1-10-8-11(2)22-20(21-10)25-19(28)16-17(27)15(12(3)23-18(16)24-25)9-13-4-6-14(7-5-13)26(29)30/h4-8,12,15-16,18,23-24H,9H2,1-3H3. The van der Waals surface area contributed by atoms with Crippen molar-refractivity contribution in [2.75, 3.05) is 5.01 Å². The van der Waals surface area contributed by atoms with Crippen molar-refractivity contribution < 1.29 is 14.5 Å². The van der Waals surface area contributed by atoms with Gasteiger partial charge in [-0.3, -0.25) is 25.0 Å². The third-order valence-electron chi connectivity index (χ3n) is 5.58. The predicted molar refractivity (Wildman–Crippen MR) is 107 cm³/mol. The minimum atomic E-state index is -0.881. The number of hydrogen-bond acceptors (Lipinski definition) is 8. The Hall–Kier alpha value is -3.24. The minimum Gasteiger partial charge on any atom is -0.298 e. The number of benzene rings is 1. The maximum atomic E-state index is 13.2. The molecule has 2 N–H and O–H groups in total. The van der Waals surface area contributed by atoms with E-state index in [0.717, 1.165) is 17.0 Å². The molecular formula is C20H22N6O4. The highest BCUT2D eigenvalue weighted by atomic mass is 16.6. The fourth-order valence-electron chi connectivity index (χ4n) is 4.10. The first-order chi connectivity index (χ1) is 14.2. The fourth-order valence-corrected chi connectivity index (χ4v) is 4.10. The summed E-state index contributed by atoms with van der Waals surface area (Å²) < 4.78 is 0. The highest BCUT2D eigenvalue weighted by Crippen LogP contribution is 2.30. The number of Topliss-reactive ketones (excluding diaryl/α,β-unsaturated/α-hetero) is 1. The highest BCUT2D eigenvalue weighted by Gasteiger charge is 2.52. The number of aryl methyl sites for hydroxylation is 2. The summed E-state index contributed by atoms with van der Waals surface area (Å²) in [7, 11) is 0. The van der Waals surface area contributed by atoms with Crippen molar-refractivity contribution in [3.05, 3.63) is 57.4 Å². The number of non-ortho nitro benzene ring substituents is 1. The third kappa shape index (κ3) is 3.55. The number of aromatic nitrogens is 2. The molecule has 2 aliphatic heterocycles. The number of hydrazine groups is 1. The van der Waals surface area contributed by atoms with Crippen LogP contribution in [0.2, 0.25) is 0 Å². The quantitative estimate of drug-likeness (QED) is 0.437. The molecule has 10 nitrogen and oxygen atoms in total. The van der Waals surface area contributed by atoms with Gasteiger partial charge in [-0.15, -0.1) is 0 Å². The van der Waals surface area contributed by atoms with E-state index in [1.165, 1.54) is 17.1 Å². The van der Waals surface area contributed by atoms with Gasteiger partial charge in [0.15, 0.2) is 5.78 Å². The van der Waals surface area contributed by atoms with Crippen LogP contribution in [0.15, 0.2) is 30.3 Å². The van der Waals surface area contributed by atoms with E-state index in [-0.39, 0.29) is 29.4 Å². The van der Waals surface area contributed by atoms with Crippen LogP contribution in [0.3, 0.4) is 0 Å². The van der Waals surface area contributed by atoms with Crippen LogP contribution in [-0.4, -0.2) is 38.8 Å². The number of nitro groups is 1. The molecule has 2 aromatic rings. The van der Waals surface area contributed by atoms with Crippen molar-refractivity contribution >= 4 is 23.3 Å². The average Bonchev–Trinajstić information content (AvgIpc) is 3.01. The number of nitro benzene ring substituents is 1. The summed E-state index contributed by atoms with van der Waals surface area (Å²) in [6.07, 6.45) is -0.140. The number of anilines is 1. The van der Waals surface area contributed by atoms with Crippen LogP contribution >= 0.6 is 0 Å². The van der Waals surface area contributed by atoms with Gasteiger partial charge in [0, 0.05) is 35.5 Å². The van der Waals surface area contributed by atoms with E-state index in [9.17, 15) is 19.7 Å². The zero-order chi connectivity index (χ0) is 21.6. The number of nitrogens with one attached hydrogen (secondary N) is 2. The molecule has 0 radical (unpaired) electrons. The van der Waals surface area contributed by atoms with E-state index >= 15 is 0 Å². The predicted octanol–water partition coefficient (Wildman–Crippen LogP) is 1.21. The van der Waals surface area contributed by atoms with Crippen molar-refractivity contribution in [2.45, 2.75) is 39.4 Å². The summed E-state index contributed by atoms with van der Waals surface area (Å²) in [5, 5.41) is 15.4. The largest absolute Gasteiger partial charge is 0.298 e. The van der Waals surface area contributed by atoms with Gasteiger partial charge in [-0.2, -0.15) is 0 Å². The SMILES string of the molecule is Cc1cc(C)nc(N2NC3NC(C)C(Cc4ccc([N+](=O)[O-])cc4)C(=O)C3C2=O)n1. The molecule has 0 bridgehead atoms. The summed E-state index contributed by atoms with van der Waals surface area (Å²) in [4.78, 5) is 45.3. The van der Waals surface area contributed by atoms with Crippen LogP contribution < -0.4 is 15.8 Å². The minimum absolute atomic E-state index is 0.000723. The molecular weight excluding hydrogens is 388 g/mol. The molecule has 1 aromatic carbocycles. The van der Waals surface area contributed by atoms with Crippen molar-refractivity contribution in [1.82, 2.24) is 20.7 Å². The van der Waals surface area contributed by atoms with Crippen LogP contribution in [0, 0.1) is 35.8 Å². The second-order valence-corrected chi connectivity index (χ2v) is 7.80. The molecule has 0 spiro atoms. The van der Waals surface area contributed by atoms with Gasteiger partial charge >= 0.3 is 0 Å². The Morgan fingerprint density at radius 3 is 2.37 bits per heavy atom. The number of carbonyl (C=O) groups excluding carboxylic acids is 2. The Bertz CT molecular complexity index is 1000. The van der Waals surface area contributed by atoms with Gasteiger partial charge in [0.2, 0.25) is 5.95 Å². The summed E-state index contributed by atoms with van der Waals surface area (Å²) in [6.45, 7) is 5.53. The molecule has 1 aromatic heterocycles. The van der Waals surface area contributed by atoms with Crippen LogP contribution in [0.4, 0.5) is 11.6 Å². The molecule has 2 aliphatic rings. The molecule has 2 saturated heterocycles. The van der Waals surface area contributed by atoms with Crippen molar-refractivity contribution in [2.24, 2.45) is 11.8 Å². The van der Waals surface area contributed by atoms with E-state index in [1.54, 1.807) is 12.1 Å². The van der Waals surface area contributed by atoms with Gasteiger partial charge < -0.3 is 0 Å². The highest BCUT2D eigenvalue weighted by molar-refractivity contribution is 6.11. The maximum absolute atomic E-state index is 13.2. The van der Waals surface area contributed by atoms with Gasteiger partial charge in [-0.05, 0) is 38.8 Å². The number of nitrogens with zero attached hydrogens (tertiary/aromatic N) is 4. The van der Waals surface area contributed by atoms with Gasteiger partial charge in [0.25, 0.3) is 11.6 Å². The van der Waals surface area contributed by atoms with Crippen molar-refractivity contribution in [1.29, 1.82) is 0 Å². The van der Waals surface area contributed by atoms with Crippen molar-refractivity contribution in [3.63, 3.8) is 0 Å². The van der Waals surface area contributed by atoms with E-state index < -0.39 is 22.9 Å². The first kappa shape index (κ1) is 20.0. The molecule has 1 amide bonds. The lowest BCUT2D eigenvalue weighted by Gasteiger charge is -2.35. The summed E-state index contributed by atoms with van der Waals surface area (Å²) >= 11 is 0. The van der Waals surface area contributed by atoms with E-state index in [2.05, 4.69) is 20.7 Å². The molecule has 4 atom stereocenters. The van der Waals surface area contributed by atoms with Gasteiger partial charge in [0.1, 0.15) is 5.92 Å². The Kier molecular flexibility index (Phi) is 5.04. The smallest absolute Gasteiger partial charge is 0.269 e. The summed E-state index contributed by atoms with van der Waals surface area (Å²) in [5.74, 6) is -1.63. The van der Waals surface area contributed by atoms with Crippen LogP contribution in [0.1, 0.15) is 23.9 Å². The molecule has 30 heavy (non-hydrogen) atoms. The zero-order valence-corrected chi connectivity index (χ0v) is 16.8. The third-order valence-corrected chi connectivity index (χ3v) is 5.58. The normalized spacial score (nSPS) is 26.0. The first-order valence-electron chi connectivity index (χ1n) is 9.70. The fraction of sp³-hybridized carbons (Fsp3) is 0.400. The van der Waals surface area contributed by atoms with Crippen LogP contribution in [-0.2, 0) is 16.0 Å². The number of fused-ring (bicyclic) bond motifs is 1. The average molecular weight is 410 g/mol. The second-order valence-electron chi connectivity index (χ2n) is 7.80. The topological polar surface area (TPSA) is 130 Å². The molecule has 0 aliphatic carbocycles. The number of amides is 1. The number of hydrogen-bond donors (Lipinski definition) is 2. The number of piperidine rings is 1. The zero-order valence-electron chi connectivity index (χ0n) is 16.8. The number of carbonyl (C=O) groups is 2. The van der Waals surface area contributed by atoms with Gasteiger partial charge in [0.05, 0.1) is 11.1 Å². The first-order valence-corrected chi connectivity index (χ1v) is 9.70. The lowest BCUT2D eigenvalue weighted by Crippen LogP contribution is -2.59. The molecule has 3 heterocycles. The molecule has 4 rings (SSSR count). The van der Waals surface area contributed by atoms with Gasteiger partial charge in [-0.1, -0.05) is 12.1 Å². The summed E-state index contributed by atoms with van der Waals surface area (Å²) in [5.41, 5.74) is 5.29. The number of ketones is 1. The lowest BCUT2D eigenvalue weighted by atomic mass is 9.79. The Morgan fingerprint density at radius 1 is 1.13 bits per heavy atom. The Balaban J connectivity index is 1.55. The maximum Gasteiger partial charge on any atom is 0.269 e. The summed E-state index contributed by atoms with van der Waals surface area (Å²) in [6, 6.07) is 7.76. The monoisotopic (exact) mass is 410 g/mol. The van der Waals surface area contributed by atoms with Crippen LogP contribution in [0.5, 0.6) is 0 Å². The van der Waals surface area contributed by atoms with E-state index in [4.69, 9.17) is 0 Å². The second kappa shape index (κ2) is 7.54. The molecule has 10 heteroatoms. The van der Waals surface area contributed by atoms with Crippen LogP contribution in [0.25, 0.3) is 0 Å². The van der Waals surface area contributed by atoms with E-state index in [1.807, 2.05) is 26.8 Å². The molecule has 2 fully saturated rings. The Morgan fingerprint density at radius 2 is 1.77 bits per heavy atom.